The molecule has 0 N–H and O–H groups in total. The van der Waals surface area contributed by atoms with Crippen molar-refractivity contribution in [2.45, 2.75) is 6.42 Å². The second-order valence-electron chi connectivity index (χ2n) is 4.28. The number of Topliss-reactive ketones (excluding diaryl/α,β-unsaturated/α-hetero) is 1. The summed E-state index contributed by atoms with van der Waals surface area (Å²) in [5.74, 6) is -0.487. The van der Waals surface area contributed by atoms with Gasteiger partial charge in [0.2, 0.25) is 0 Å². The Morgan fingerprint density at radius 1 is 1.16 bits per heavy atom. The molecule has 0 unspecified atom stereocenters. The van der Waals surface area contributed by atoms with Crippen molar-refractivity contribution in [2.75, 3.05) is 0 Å². The summed E-state index contributed by atoms with van der Waals surface area (Å²) in [7, 11) is 0. The summed E-state index contributed by atoms with van der Waals surface area (Å²) < 4.78 is 15.2. The van der Waals surface area contributed by atoms with Gasteiger partial charge in [-0.05, 0) is 23.8 Å². The minimum absolute atomic E-state index is 0.0446. The number of ketones is 1. The van der Waals surface area contributed by atoms with Crippen molar-refractivity contribution in [3.8, 4) is 0 Å². The van der Waals surface area contributed by atoms with Gasteiger partial charge in [0.05, 0.1) is 17.3 Å². The van der Waals surface area contributed by atoms with Gasteiger partial charge in [-0.25, -0.2) is 8.91 Å². The number of carbonyl (C=O) groups is 1. The Kier molecular flexibility index (Phi) is 2.83. The fourth-order valence-electron chi connectivity index (χ4n) is 2.06. The van der Waals surface area contributed by atoms with Gasteiger partial charge in [-0.2, -0.15) is 5.10 Å². The third-order valence-electron chi connectivity index (χ3n) is 3.04. The molecule has 0 atom stereocenters. The van der Waals surface area contributed by atoms with Crippen molar-refractivity contribution < 1.29 is 9.18 Å². The van der Waals surface area contributed by atoms with Gasteiger partial charge in [-0.1, -0.05) is 24.3 Å². The smallest absolute Gasteiger partial charge is 0.171 e. The van der Waals surface area contributed by atoms with Crippen LogP contribution >= 0.6 is 0 Å². The van der Waals surface area contributed by atoms with Crippen LogP contribution in [-0.2, 0) is 6.42 Å². The molecule has 0 fully saturated rings. The molecule has 0 saturated carbocycles. The number of fused-ring (bicyclic) bond motifs is 1. The molecule has 0 aliphatic rings. The van der Waals surface area contributed by atoms with Crippen LogP contribution in [0, 0.1) is 5.82 Å². The minimum atomic E-state index is -0.354. The van der Waals surface area contributed by atoms with Crippen LogP contribution in [0.15, 0.2) is 54.9 Å². The van der Waals surface area contributed by atoms with Gasteiger partial charge < -0.3 is 0 Å². The van der Waals surface area contributed by atoms with Crippen molar-refractivity contribution >= 4 is 11.3 Å². The normalized spacial score (nSPS) is 10.8. The average Bonchev–Trinajstić information content (AvgIpc) is 2.85. The molecule has 0 aliphatic heterocycles. The SMILES string of the molecule is O=C(Cc1ccccc1F)c1cnn2ccccc12. The Balaban J connectivity index is 1.95. The molecule has 0 spiro atoms. The van der Waals surface area contributed by atoms with E-state index in [1.165, 1.54) is 12.3 Å². The Morgan fingerprint density at radius 2 is 1.95 bits per heavy atom. The first-order valence-corrected chi connectivity index (χ1v) is 5.94. The molecular weight excluding hydrogens is 243 g/mol. The quantitative estimate of drug-likeness (QED) is 0.673. The number of benzene rings is 1. The molecule has 3 rings (SSSR count). The summed E-state index contributed by atoms with van der Waals surface area (Å²) in [5, 5.41) is 4.11. The molecule has 3 aromatic rings. The number of halogens is 1. The second-order valence-corrected chi connectivity index (χ2v) is 4.28. The Morgan fingerprint density at radius 3 is 2.79 bits per heavy atom. The maximum atomic E-state index is 13.5. The van der Waals surface area contributed by atoms with Gasteiger partial charge in [0.25, 0.3) is 0 Å². The fourth-order valence-corrected chi connectivity index (χ4v) is 2.06. The summed E-state index contributed by atoms with van der Waals surface area (Å²) in [4.78, 5) is 12.2. The van der Waals surface area contributed by atoms with Crippen LogP contribution in [0.4, 0.5) is 4.39 Å². The van der Waals surface area contributed by atoms with Crippen LogP contribution in [0.1, 0.15) is 15.9 Å². The third-order valence-corrected chi connectivity index (χ3v) is 3.04. The number of hydrogen-bond donors (Lipinski definition) is 0. The van der Waals surface area contributed by atoms with Crippen molar-refractivity contribution in [3.63, 3.8) is 0 Å². The highest BCUT2D eigenvalue weighted by atomic mass is 19.1. The fraction of sp³-hybridized carbons (Fsp3) is 0.0667. The molecule has 0 aliphatic carbocycles. The van der Waals surface area contributed by atoms with E-state index in [0.717, 1.165) is 5.52 Å². The highest BCUT2D eigenvalue weighted by molar-refractivity contribution is 6.03. The van der Waals surface area contributed by atoms with Gasteiger partial charge in [0.15, 0.2) is 5.78 Å². The Labute approximate surface area is 109 Å². The first kappa shape index (κ1) is 11.6. The molecule has 3 nitrogen and oxygen atoms in total. The van der Waals surface area contributed by atoms with Crippen LogP contribution in [0.3, 0.4) is 0 Å². The van der Waals surface area contributed by atoms with Crippen LogP contribution in [-0.4, -0.2) is 15.4 Å². The van der Waals surface area contributed by atoms with Gasteiger partial charge in [-0.3, -0.25) is 4.79 Å². The van der Waals surface area contributed by atoms with Gasteiger partial charge >= 0.3 is 0 Å². The molecule has 2 aromatic heterocycles. The van der Waals surface area contributed by atoms with E-state index in [0.29, 0.717) is 11.1 Å². The molecule has 94 valence electrons. The van der Waals surface area contributed by atoms with E-state index in [-0.39, 0.29) is 18.0 Å². The molecule has 1 aromatic carbocycles. The lowest BCUT2D eigenvalue weighted by Crippen LogP contribution is -2.04. The minimum Gasteiger partial charge on any atom is -0.294 e. The molecule has 19 heavy (non-hydrogen) atoms. The molecule has 0 radical (unpaired) electrons. The van der Waals surface area contributed by atoms with E-state index < -0.39 is 0 Å². The zero-order valence-electron chi connectivity index (χ0n) is 10.1. The molecule has 0 saturated heterocycles. The van der Waals surface area contributed by atoms with Crippen molar-refractivity contribution in [3.05, 3.63) is 71.8 Å². The Hall–Kier alpha value is -2.49. The number of aromatic nitrogens is 2. The lowest BCUT2D eigenvalue weighted by Gasteiger charge is -2.01. The lowest BCUT2D eigenvalue weighted by atomic mass is 10.0. The van der Waals surface area contributed by atoms with Gasteiger partial charge in [0.1, 0.15) is 5.82 Å². The monoisotopic (exact) mass is 254 g/mol. The predicted molar refractivity (Wildman–Crippen MR) is 69.6 cm³/mol. The summed E-state index contributed by atoms with van der Waals surface area (Å²) in [6, 6.07) is 11.8. The average molecular weight is 254 g/mol. The standard InChI is InChI=1S/C15H11FN2O/c16-13-6-2-1-5-11(13)9-15(19)12-10-17-18-8-4-3-7-14(12)18/h1-8,10H,9H2. The van der Waals surface area contributed by atoms with Crippen LogP contribution in [0.5, 0.6) is 0 Å². The lowest BCUT2D eigenvalue weighted by molar-refractivity contribution is 0.0993. The number of nitrogens with zero attached hydrogens (tertiary/aromatic N) is 2. The van der Waals surface area contributed by atoms with Crippen LogP contribution < -0.4 is 0 Å². The third kappa shape index (κ3) is 2.12. The highest BCUT2D eigenvalue weighted by Crippen LogP contribution is 2.15. The number of hydrogen-bond acceptors (Lipinski definition) is 2. The zero-order valence-corrected chi connectivity index (χ0v) is 10.1. The topological polar surface area (TPSA) is 34.4 Å². The number of rotatable bonds is 3. The van der Waals surface area contributed by atoms with Gasteiger partial charge in [-0.15, -0.1) is 0 Å². The molecule has 0 bridgehead atoms. The summed E-state index contributed by atoms with van der Waals surface area (Å²) in [5.41, 5.74) is 1.66. The largest absolute Gasteiger partial charge is 0.294 e. The van der Waals surface area contributed by atoms with E-state index in [2.05, 4.69) is 5.10 Å². The zero-order chi connectivity index (χ0) is 13.2. The van der Waals surface area contributed by atoms with Gasteiger partial charge in [0, 0.05) is 12.6 Å². The number of pyridine rings is 1. The van der Waals surface area contributed by atoms with E-state index in [4.69, 9.17) is 0 Å². The first-order chi connectivity index (χ1) is 9.25. The van der Waals surface area contributed by atoms with Crippen molar-refractivity contribution in [2.24, 2.45) is 0 Å². The van der Waals surface area contributed by atoms with Crippen molar-refractivity contribution in [1.29, 1.82) is 0 Å². The van der Waals surface area contributed by atoms with E-state index in [1.807, 2.05) is 18.2 Å². The highest BCUT2D eigenvalue weighted by Gasteiger charge is 2.14. The van der Waals surface area contributed by atoms with E-state index in [1.54, 1.807) is 28.9 Å². The predicted octanol–water partition coefficient (Wildman–Crippen LogP) is 2.90. The molecule has 0 amide bonds. The molecule has 4 heteroatoms. The summed E-state index contributed by atoms with van der Waals surface area (Å²) in [6.45, 7) is 0. The summed E-state index contributed by atoms with van der Waals surface area (Å²) in [6.07, 6.45) is 3.34. The van der Waals surface area contributed by atoms with Crippen LogP contribution in [0.25, 0.3) is 5.52 Å². The Bertz CT molecular complexity index is 748. The molecule has 2 heterocycles. The molecular formula is C15H11FN2O. The summed E-state index contributed by atoms with van der Waals surface area (Å²) >= 11 is 0. The second kappa shape index (κ2) is 4.65. The van der Waals surface area contributed by atoms with Crippen LogP contribution in [0.2, 0.25) is 0 Å². The first-order valence-electron chi connectivity index (χ1n) is 5.94. The maximum Gasteiger partial charge on any atom is 0.171 e. The van der Waals surface area contributed by atoms with E-state index in [9.17, 15) is 9.18 Å². The maximum absolute atomic E-state index is 13.5. The van der Waals surface area contributed by atoms with E-state index >= 15 is 0 Å². The number of carbonyl (C=O) groups excluding carboxylic acids is 1. The van der Waals surface area contributed by atoms with Crippen molar-refractivity contribution in [1.82, 2.24) is 9.61 Å².